The van der Waals surface area contributed by atoms with Crippen LogP contribution in [0.25, 0.3) is 11.4 Å². The van der Waals surface area contributed by atoms with Gasteiger partial charge in [0.2, 0.25) is 11.7 Å². The maximum absolute atomic E-state index is 14.3. The van der Waals surface area contributed by atoms with Crippen LogP contribution < -0.4 is 10.9 Å². The highest BCUT2D eigenvalue weighted by Crippen LogP contribution is 2.41. The third kappa shape index (κ3) is 6.00. The minimum atomic E-state index is -4.62. The van der Waals surface area contributed by atoms with Crippen LogP contribution >= 0.6 is 11.6 Å². The van der Waals surface area contributed by atoms with Crippen molar-refractivity contribution in [2.75, 3.05) is 38.2 Å². The number of hydrogen-bond donors (Lipinski definition) is 2. The fourth-order valence-corrected chi connectivity index (χ4v) is 6.94. The van der Waals surface area contributed by atoms with Crippen LogP contribution in [0.1, 0.15) is 52.3 Å². The van der Waals surface area contributed by atoms with Crippen LogP contribution in [-0.4, -0.2) is 73.9 Å². The largest absolute Gasteiger partial charge is 0.504 e. The van der Waals surface area contributed by atoms with Gasteiger partial charge < -0.3 is 29.4 Å². The summed E-state index contributed by atoms with van der Waals surface area (Å²) in [5.74, 6) is -2.55. The minimum absolute atomic E-state index is 0.0358. The summed E-state index contributed by atoms with van der Waals surface area (Å²) in [5.41, 5.74) is -1.42. The Morgan fingerprint density at radius 2 is 1.88 bits per heavy atom. The Bertz CT molecular complexity index is 2120. The van der Waals surface area contributed by atoms with Crippen molar-refractivity contribution in [1.82, 2.24) is 24.1 Å². The number of rotatable bonds is 5. The fraction of sp³-hybridized carbons (Fsp3) is 0.364. The monoisotopic (exact) mass is 716 g/mol. The van der Waals surface area contributed by atoms with Crippen molar-refractivity contribution in [3.8, 4) is 5.75 Å². The van der Waals surface area contributed by atoms with Crippen molar-refractivity contribution >= 4 is 40.5 Å². The van der Waals surface area contributed by atoms with E-state index < -0.39 is 52.8 Å². The molecule has 2 amide bonds. The van der Waals surface area contributed by atoms with Crippen LogP contribution in [0.3, 0.4) is 0 Å². The fourth-order valence-electron chi connectivity index (χ4n) is 6.71. The zero-order chi connectivity index (χ0) is 35.4. The number of hydrogen-bond acceptors (Lipinski definition) is 8. The van der Waals surface area contributed by atoms with E-state index in [1.165, 1.54) is 17.0 Å². The Labute approximate surface area is 285 Å². The molecule has 2 aromatic carbocycles. The van der Waals surface area contributed by atoms with Crippen molar-refractivity contribution in [2.45, 2.75) is 44.0 Å². The molecule has 0 unspecified atom stereocenters. The number of piperidine rings is 1. The molecule has 4 aromatic rings. The van der Waals surface area contributed by atoms with Gasteiger partial charge in [-0.25, -0.2) is 4.39 Å². The summed E-state index contributed by atoms with van der Waals surface area (Å²) >= 11 is 6.11. The van der Waals surface area contributed by atoms with Crippen molar-refractivity contribution in [3.63, 3.8) is 0 Å². The van der Waals surface area contributed by atoms with Gasteiger partial charge in [0.15, 0.2) is 17.4 Å². The summed E-state index contributed by atoms with van der Waals surface area (Å²) in [7, 11) is 0. The number of nitrogens with one attached hydrogen (secondary N) is 1. The Morgan fingerprint density at radius 3 is 2.58 bits per heavy atom. The SMILES string of the molecule is O=C(Cn1c2c(c(=O)n3nc(C4=CCOCC4)nc13)C1(CCN(C(=O)c3cccc(F)c3O)CC1)OCC2)Nc1ccc(C(F)(F)F)cc1Cl. The number of anilines is 1. The highest BCUT2D eigenvalue weighted by atomic mass is 35.5. The van der Waals surface area contributed by atoms with Gasteiger partial charge in [-0.05, 0) is 55.2 Å². The number of carbonyl (C=O) groups is 2. The summed E-state index contributed by atoms with van der Waals surface area (Å²) in [5, 5.41) is 16.9. The van der Waals surface area contributed by atoms with E-state index in [1.54, 1.807) is 10.6 Å². The number of ether oxygens (including phenoxy) is 2. The van der Waals surface area contributed by atoms with Gasteiger partial charge in [0.05, 0.1) is 47.2 Å². The topological polar surface area (TPSA) is 140 Å². The molecule has 0 radical (unpaired) electrons. The van der Waals surface area contributed by atoms with Crippen LogP contribution in [0.15, 0.2) is 47.3 Å². The Morgan fingerprint density at radius 1 is 1.10 bits per heavy atom. The molecule has 3 aliphatic rings. The number of carbonyl (C=O) groups excluding carboxylic acids is 2. The number of aromatic nitrogens is 4. The molecule has 7 rings (SSSR count). The zero-order valence-corrected chi connectivity index (χ0v) is 27.0. The standard InChI is InChI=1S/C33H29ClF4N6O6/c34-21-16-19(33(36,37)38)4-5-23(21)39-25(45)17-43-24-8-15-50-32(9-11-42(12-10-32)29(47)20-2-1-3-22(35)27(20)46)26(24)30(48)44-31(43)40-28(41-44)18-6-13-49-14-7-18/h1-6,16,46H,7-15,17H2,(H,39,45). The average Bonchev–Trinajstić information content (AvgIpc) is 3.55. The molecule has 1 spiro atoms. The number of para-hydroxylation sites is 1. The van der Waals surface area contributed by atoms with E-state index in [-0.39, 0.29) is 72.4 Å². The van der Waals surface area contributed by atoms with Crippen molar-refractivity contribution in [1.29, 1.82) is 0 Å². The molecule has 17 heteroatoms. The number of phenolic OH excluding ortho intramolecular Hbond substituents is 1. The summed E-state index contributed by atoms with van der Waals surface area (Å²) in [6, 6.07) is 6.28. The molecule has 2 aromatic heterocycles. The Hall–Kier alpha value is -4.80. The second-order valence-corrected chi connectivity index (χ2v) is 12.6. The van der Waals surface area contributed by atoms with Crippen LogP contribution in [0.2, 0.25) is 5.02 Å². The van der Waals surface area contributed by atoms with E-state index in [2.05, 4.69) is 15.4 Å². The maximum atomic E-state index is 14.3. The molecule has 1 saturated heterocycles. The van der Waals surface area contributed by atoms with Crippen molar-refractivity contribution < 1.29 is 41.7 Å². The summed E-state index contributed by atoms with van der Waals surface area (Å²) < 4.78 is 68.0. The Kier molecular flexibility index (Phi) is 8.64. The van der Waals surface area contributed by atoms with Crippen LogP contribution in [0.5, 0.6) is 5.75 Å². The number of likely N-dealkylation sites (tertiary alicyclic amines) is 1. The average molecular weight is 717 g/mol. The predicted molar refractivity (Wildman–Crippen MR) is 170 cm³/mol. The first-order valence-electron chi connectivity index (χ1n) is 15.7. The maximum Gasteiger partial charge on any atom is 0.416 e. The van der Waals surface area contributed by atoms with Crippen molar-refractivity contribution in [2.24, 2.45) is 0 Å². The normalized spacial score (nSPS) is 17.5. The van der Waals surface area contributed by atoms with E-state index in [1.807, 2.05) is 0 Å². The highest BCUT2D eigenvalue weighted by molar-refractivity contribution is 6.33. The van der Waals surface area contributed by atoms with E-state index >= 15 is 0 Å². The third-order valence-corrected chi connectivity index (χ3v) is 9.54. The number of nitrogens with zero attached hydrogens (tertiary/aromatic N) is 5. The third-order valence-electron chi connectivity index (χ3n) is 9.22. The van der Waals surface area contributed by atoms with Gasteiger partial charge in [0.1, 0.15) is 12.1 Å². The first-order valence-corrected chi connectivity index (χ1v) is 16.1. The molecule has 0 saturated carbocycles. The molecule has 1 fully saturated rings. The zero-order valence-electron chi connectivity index (χ0n) is 26.2. The highest BCUT2D eigenvalue weighted by Gasteiger charge is 2.46. The van der Waals surface area contributed by atoms with Gasteiger partial charge in [-0.3, -0.25) is 14.4 Å². The van der Waals surface area contributed by atoms with E-state index in [4.69, 9.17) is 21.1 Å². The van der Waals surface area contributed by atoms with Crippen molar-refractivity contribution in [3.05, 3.63) is 91.9 Å². The van der Waals surface area contributed by atoms with Crippen LogP contribution in [0, 0.1) is 5.82 Å². The quantitative estimate of drug-likeness (QED) is 0.287. The van der Waals surface area contributed by atoms with Gasteiger partial charge in [-0.15, -0.1) is 5.10 Å². The summed E-state index contributed by atoms with van der Waals surface area (Å²) in [6.07, 6.45) is -1.77. The lowest BCUT2D eigenvalue weighted by Gasteiger charge is -2.44. The molecule has 262 valence electrons. The first-order chi connectivity index (χ1) is 23.9. The van der Waals surface area contributed by atoms with E-state index in [9.17, 15) is 37.1 Å². The number of alkyl halides is 3. The molecule has 12 nitrogen and oxygen atoms in total. The van der Waals surface area contributed by atoms with E-state index in [0.717, 1.165) is 34.4 Å². The molecule has 2 N–H and O–H groups in total. The second-order valence-electron chi connectivity index (χ2n) is 12.2. The van der Waals surface area contributed by atoms with Gasteiger partial charge in [0, 0.05) is 25.2 Å². The molecular formula is C33H29ClF4N6O6. The predicted octanol–water partition coefficient (Wildman–Crippen LogP) is 4.55. The number of phenols is 1. The smallest absolute Gasteiger partial charge is 0.416 e. The molecule has 0 bridgehead atoms. The number of aromatic hydroxyl groups is 1. The number of amides is 2. The Balaban J connectivity index is 1.26. The molecule has 5 heterocycles. The molecule has 0 aliphatic carbocycles. The first kappa shape index (κ1) is 33.7. The number of fused-ring (bicyclic) bond motifs is 3. The van der Waals surface area contributed by atoms with Crippen LogP contribution in [-0.2, 0) is 39.0 Å². The molecular weight excluding hydrogens is 688 g/mol. The van der Waals surface area contributed by atoms with Gasteiger partial charge in [0.25, 0.3) is 11.5 Å². The lowest BCUT2D eigenvalue weighted by molar-refractivity contribution is -0.137. The minimum Gasteiger partial charge on any atom is -0.504 e. The number of benzene rings is 2. The molecule has 0 atom stereocenters. The van der Waals surface area contributed by atoms with Gasteiger partial charge >= 0.3 is 6.18 Å². The van der Waals surface area contributed by atoms with E-state index in [0.29, 0.717) is 25.3 Å². The summed E-state index contributed by atoms with van der Waals surface area (Å²) in [6.45, 7) is 0.738. The van der Waals surface area contributed by atoms with Crippen LogP contribution in [0.4, 0.5) is 23.2 Å². The molecule has 50 heavy (non-hydrogen) atoms. The molecule has 3 aliphatic heterocycles. The number of halogens is 5. The summed E-state index contributed by atoms with van der Waals surface area (Å²) in [4.78, 5) is 47.2. The van der Waals surface area contributed by atoms with Gasteiger partial charge in [-0.1, -0.05) is 23.7 Å². The second kappa shape index (κ2) is 12.8. The lowest BCUT2D eigenvalue weighted by atomic mass is 9.81. The van der Waals surface area contributed by atoms with Gasteiger partial charge in [-0.2, -0.15) is 22.7 Å². The lowest BCUT2D eigenvalue weighted by Crippen LogP contribution is -2.52.